The Morgan fingerprint density at radius 3 is 2.92 bits per heavy atom. The van der Waals surface area contributed by atoms with Gasteiger partial charge >= 0.3 is 0 Å². The zero-order valence-corrected chi connectivity index (χ0v) is 7.89. The Morgan fingerprint density at radius 1 is 1.58 bits per heavy atom. The maximum atomic E-state index is 11.1. The monoisotopic (exact) mass is 170 g/mol. The average molecular weight is 170 g/mol. The summed E-state index contributed by atoms with van der Waals surface area (Å²) in [5.74, 6) is 0.886. The van der Waals surface area contributed by atoms with Gasteiger partial charge in [0.05, 0.1) is 6.54 Å². The van der Waals surface area contributed by atoms with Crippen molar-refractivity contribution in [3.8, 4) is 0 Å². The molecule has 0 aliphatic heterocycles. The molecule has 1 aliphatic rings. The van der Waals surface area contributed by atoms with Gasteiger partial charge in [0.1, 0.15) is 0 Å². The molecule has 2 atom stereocenters. The lowest BCUT2D eigenvalue weighted by molar-refractivity contribution is -0.120. The molecule has 0 aromatic carbocycles. The molecule has 1 rings (SSSR count). The molecule has 12 heavy (non-hydrogen) atoms. The van der Waals surface area contributed by atoms with E-state index in [0.29, 0.717) is 12.6 Å². The first-order valence-electron chi connectivity index (χ1n) is 4.72. The predicted octanol–water partition coefficient (Wildman–Crippen LogP) is 0.511. The third-order valence-corrected chi connectivity index (χ3v) is 2.27. The van der Waals surface area contributed by atoms with Crippen molar-refractivity contribution in [1.82, 2.24) is 10.6 Å². The molecule has 1 amide bonds. The zero-order chi connectivity index (χ0) is 8.97. The predicted molar refractivity (Wildman–Crippen MR) is 48.9 cm³/mol. The third kappa shape index (κ3) is 2.81. The van der Waals surface area contributed by atoms with E-state index in [-0.39, 0.29) is 5.91 Å². The summed E-state index contributed by atoms with van der Waals surface area (Å²) in [7, 11) is 1.79. The van der Waals surface area contributed by atoms with Crippen LogP contribution in [0.1, 0.15) is 26.2 Å². The van der Waals surface area contributed by atoms with Crippen LogP contribution in [-0.4, -0.2) is 25.5 Å². The molecular formula is C9H18N2O. The summed E-state index contributed by atoms with van der Waals surface area (Å²) in [4.78, 5) is 11.1. The first-order chi connectivity index (χ1) is 5.77. The van der Waals surface area contributed by atoms with Gasteiger partial charge in [0.25, 0.3) is 0 Å². The molecule has 3 nitrogen and oxygen atoms in total. The van der Waals surface area contributed by atoms with E-state index < -0.39 is 0 Å². The summed E-state index contributed by atoms with van der Waals surface area (Å²) in [6.45, 7) is 2.63. The van der Waals surface area contributed by atoms with Gasteiger partial charge in [0.2, 0.25) is 5.91 Å². The third-order valence-electron chi connectivity index (χ3n) is 2.27. The molecule has 2 N–H and O–H groups in total. The second-order valence-corrected chi connectivity index (χ2v) is 3.49. The fraction of sp³-hybridized carbons (Fsp3) is 0.889. The van der Waals surface area contributed by atoms with Gasteiger partial charge in [-0.3, -0.25) is 4.79 Å². The fourth-order valence-electron chi connectivity index (χ4n) is 1.53. The van der Waals surface area contributed by atoms with E-state index in [0.717, 1.165) is 5.92 Å². The Hall–Kier alpha value is -0.570. The first kappa shape index (κ1) is 9.52. The minimum absolute atomic E-state index is 0.126. The van der Waals surface area contributed by atoms with Crippen LogP contribution in [0, 0.1) is 5.92 Å². The molecule has 1 fully saturated rings. The van der Waals surface area contributed by atoms with Crippen LogP contribution >= 0.6 is 0 Å². The van der Waals surface area contributed by atoms with Gasteiger partial charge in [-0.1, -0.05) is 13.3 Å². The minimum atomic E-state index is 0.126. The van der Waals surface area contributed by atoms with E-state index in [1.807, 2.05) is 0 Å². The molecule has 0 heterocycles. The van der Waals surface area contributed by atoms with Gasteiger partial charge in [0, 0.05) is 6.04 Å². The van der Waals surface area contributed by atoms with Gasteiger partial charge in [-0.05, 0) is 25.8 Å². The lowest BCUT2D eigenvalue weighted by Crippen LogP contribution is -2.34. The zero-order valence-electron chi connectivity index (χ0n) is 7.89. The Balaban J connectivity index is 2.06. The smallest absolute Gasteiger partial charge is 0.234 e. The van der Waals surface area contributed by atoms with Crippen molar-refractivity contribution in [3.05, 3.63) is 0 Å². The number of rotatable bonds is 5. The second-order valence-electron chi connectivity index (χ2n) is 3.49. The summed E-state index contributed by atoms with van der Waals surface area (Å²) in [5.41, 5.74) is 0. The summed E-state index contributed by atoms with van der Waals surface area (Å²) in [6, 6.07) is 0.478. The van der Waals surface area contributed by atoms with Crippen molar-refractivity contribution in [1.29, 1.82) is 0 Å². The van der Waals surface area contributed by atoms with E-state index in [4.69, 9.17) is 0 Å². The molecule has 0 radical (unpaired) electrons. The molecule has 0 spiro atoms. The number of amides is 1. The number of nitrogens with one attached hydrogen (secondary N) is 2. The van der Waals surface area contributed by atoms with Crippen molar-refractivity contribution in [2.75, 3.05) is 13.6 Å². The van der Waals surface area contributed by atoms with Gasteiger partial charge in [-0.2, -0.15) is 0 Å². The van der Waals surface area contributed by atoms with E-state index in [2.05, 4.69) is 17.6 Å². The van der Waals surface area contributed by atoms with E-state index in [1.165, 1.54) is 19.3 Å². The Morgan fingerprint density at radius 2 is 2.33 bits per heavy atom. The molecule has 0 aromatic heterocycles. The number of carbonyl (C=O) groups is 1. The number of hydrogen-bond donors (Lipinski definition) is 2. The van der Waals surface area contributed by atoms with Crippen LogP contribution in [0.4, 0.5) is 0 Å². The Kier molecular flexibility index (Phi) is 3.53. The summed E-state index contributed by atoms with van der Waals surface area (Å²) < 4.78 is 0. The molecule has 1 saturated carbocycles. The van der Waals surface area contributed by atoms with E-state index >= 15 is 0 Å². The molecular weight excluding hydrogens is 152 g/mol. The van der Waals surface area contributed by atoms with Crippen molar-refractivity contribution in [3.63, 3.8) is 0 Å². The van der Waals surface area contributed by atoms with Crippen LogP contribution in [0.2, 0.25) is 0 Å². The lowest BCUT2D eigenvalue weighted by Gasteiger charge is -2.02. The van der Waals surface area contributed by atoms with Crippen molar-refractivity contribution in [2.45, 2.75) is 32.2 Å². The minimum Gasteiger partial charge on any atom is -0.352 e. The van der Waals surface area contributed by atoms with E-state index in [9.17, 15) is 4.79 Å². The average Bonchev–Trinajstić information content (AvgIpc) is 2.69. The number of likely N-dealkylation sites (N-methyl/N-ethyl adjacent to an activating group) is 1. The van der Waals surface area contributed by atoms with Crippen molar-refractivity contribution in [2.24, 2.45) is 5.92 Å². The standard InChI is InChI=1S/C9H18N2O/c1-3-4-7-5-8(7)11-9(12)6-10-2/h7-8,10H,3-6H2,1-2H3,(H,11,12). The topological polar surface area (TPSA) is 41.1 Å². The highest BCUT2D eigenvalue weighted by Crippen LogP contribution is 2.34. The molecule has 2 unspecified atom stereocenters. The van der Waals surface area contributed by atoms with Crippen LogP contribution in [-0.2, 0) is 4.79 Å². The van der Waals surface area contributed by atoms with Crippen LogP contribution in [0.5, 0.6) is 0 Å². The molecule has 1 aliphatic carbocycles. The fourth-order valence-corrected chi connectivity index (χ4v) is 1.53. The molecule has 0 bridgehead atoms. The SMILES string of the molecule is CCCC1CC1NC(=O)CNC. The quantitative estimate of drug-likeness (QED) is 0.631. The molecule has 3 heteroatoms. The van der Waals surface area contributed by atoms with Crippen LogP contribution in [0.15, 0.2) is 0 Å². The largest absolute Gasteiger partial charge is 0.352 e. The first-order valence-corrected chi connectivity index (χ1v) is 4.72. The van der Waals surface area contributed by atoms with Crippen molar-refractivity contribution < 1.29 is 4.79 Å². The summed E-state index contributed by atoms with van der Waals surface area (Å²) in [6.07, 6.45) is 3.66. The lowest BCUT2D eigenvalue weighted by atomic mass is 10.2. The summed E-state index contributed by atoms with van der Waals surface area (Å²) >= 11 is 0. The van der Waals surface area contributed by atoms with Crippen molar-refractivity contribution >= 4 is 5.91 Å². The normalized spacial score (nSPS) is 26.8. The van der Waals surface area contributed by atoms with Crippen LogP contribution < -0.4 is 10.6 Å². The highest BCUT2D eigenvalue weighted by atomic mass is 16.2. The Bertz CT molecular complexity index is 159. The molecule has 0 saturated heterocycles. The van der Waals surface area contributed by atoms with Crippen LogP contribution in [0.3, 0.4) is 0 Å². The van der Waals surface area contributed by atoms with E-state index in [1.54, 1.807) is 7.05 Å². The molecule has 0 aromatic rings. The van der Waals surface area contributed by atoms with Gasteiger partial charge in [0.15, 0.2) is 0 Å². The number of hydrogen-bond acceptors (Lipinski definition) is 2. The number of carbonyl (C=O) groups excluding carboxylic acids is 1. The summed E-state index contributed by atoms with van der Waals surface area (Å²) in [5, 5.41) is 5.82. The molecule has 70 valence electrons. The Labute approximate surface area is 73.9 Å². The highest BCUT2D eigenvalue weighted by molar-refractivity contribution is 5.78. The second kappa shape index (κ2) is 4.45. The maximum Gasteiger partial charge on any atom is 0.234 e. The van der Waals surface area contributed by atoms with Gasteiger partial charge < -0.3 is 10.6 Å². The maximum absolute atomic E-state index is 11.1. The van der Waals surface area contributed by atoms with Gasteiger partial charge in [-0.15, -0.1) is 0 Å². The highest BCUT2D eigenvalue weighted by Gasteiger charge is 2.36. The van der Waals surface area contributed by atoms with Crippen LogP contribution in [0.25, 0.3) is 0 Å². The van der Waals surface area contributed by atoms with Gasteiger partial charge in [-0.25, -0.2) is 0 Å².